The molecule has 2 heterocycles. The minimum atomic E-state index is -0.0306. The number of halogens is 1. The van der Waals surface area contributed by atoms with Gasteiger partial charge in [-0.15, -0.1) is 0 Å². The summed E-state index contributed by atoms with van der Waals surface area (Å²) >= 11 is 5.85. The highest BCUT2D eigenvalue weighted by Crippen LogP contribution is 2.24. The van der Waals surface area contributed by atoms with E-state index in [1.165, 1.54) is 0 Å². The van der Waals surface area contributed by atoms with Gasteiger partial charge in [-0.25, -0.2) is 14.6 Å². The summed E-state index contributed by atoms with van der Waals surface area (Å²) in [7, 11) is 0. The van der Waals surface area contributed by atoms with Crippen LogP contribution in [0.4, 0.5) is 17.3 Å². The van der Waals surface area contributed by atoms with Gasteiger partial charge in [0, 0.05) is 17.3 Å². The molecule has 0 aliphatic heterocycles. The van der Waals surface area contributed by atoms with E-state index < -0.39 is 0 Å². The lowest BCUT2D eigenvalue weighted by Gasteiger charge is -2.10. The molecular weight excluding hydrogens is 296 g/mol. The molecule has 0 amide bonds. The SMILES string of the molecule is OCCNc1nc2nonc2nc1Nc1ccc(Cl)cc1. The minimum absolute atomic E-state index is 0.0306. The highest BCUT2D eigenvalue weighted by atomic mass is 35.5. The normalized spacial score (nSPS) is 10.8. The first-order valence-electron chi connectivity index (χ1n) is 6.14. The Bertz CT molecular complexity index is 745. The van der Waals surface area contributed by atoms with Crippen LogP contribution >= 0.6 is 11.6 Å². The van der Waals surface area contributed by atoms with Gasteiger partial charge in [-0.3, -0.25) is 0 Å². The van der Waals surface area contributed by atoms with E-state index >= 15 is 0 Å². The molecule has 0 saturated carbocycles. The molecule has 0 fully saturated rings. The maximum atomic E-state index is 8.92. The number of fused-ring (bicyclic) bond motifs is 1. The maximum Gasteiger partial charge on any atom is 0.245 e. The highest BCUT2D eigenvalue weighted by Gasteiger charge is 2.12. The molecule has 0 aliphatic rings. The number of nitrogens with one attached hydrogen (secondary N) is 2. The van der Waals surface area contributed by atoms with E-state index in [0.29, 0.717) is 28.9 Å². The number of anilines is 3. The van der Waals surface area contributed by atoms with Crippen molar-refractivity contribution in [2.75, 3.05) is 23.8 Å². The highest BCUT2D eigenvalue weighted by molar-refractivity contribution is 6.30. The second-order valence-corrected chi connectivity index (χ2v) is 4.55. The topological polar surface area (TPSA) is 109 Å². The Hall–Kier alpha value is -2.45. The molecule has 0 atom stereocenters. The predicted octanol–water partition coefficient (Wildman–Crippen LogP) is 1.81. The number of hydrogen-bond donors (Lipinski definition) is 3. The van der Waals surface area contributed by atoms with Crippen molar-refractivity contribution in [2.45, 2.75) is 0 Å². The third-order valence-electron chi connectivity index (χ3n) is 2.63. The number of aromatic nitrogens is 4. The fraction of sp³-hybridized carbons (Fsp3) is 0.167. The van der Waals surface area contributed by atoms with Gasteiger partial charge in [0.2, 0.25) is 11.3 Å². The summed E-state index contributed by atoms with van der Waals surface area (Å²) in [6, 6.07) is 7.14. The summed E-state index contributed by atoms with van der Waals surface area (Å²) in [4.78, 5) is 8.53. The van der Waals surface area contributed by atoms with Gasteiger partial charge in [-0.1, -0.05) is 11.6 Å². The van der Waals surface area contributed by atoms with Crippen LogP contribution in [0, 0.1) is 0 Å². The summed E-state index contributed by atoms with van der Waals surface area (Å²) in [5.74, 6) is 0.899. The van der Waals surface area contributed by atoms with E-state index in [2.05, 4.69) is 35.5 Å². The Kier molecular flexibility index (Phi) is 3.80. The molecule has 0 saturated heterocycles. The average molecular weight is 307 g/mol. The number of aliphatic hydroxyl groups excluding tert-OH is 1. The molecule has 8 nitrogen and oxygen atoms in total. The smallest absolute Gasteiger partial charge is 0.245 e. The molecule has 3 rings (SSSR count). The van der Waals surface area contributed by atoms with Crippen molar-refractivity contribution in [3.8, 4) is 0 Å². The van der Waals surface area contributed by atoms with Crippen molar-refractivity contribution < 1.29 is 9.74 Å². The van der Waals surface area contributed by atoms with Crippen LogP contribution in [0.15, 0.2) is 28.9 Å². The maximum absolute atomic E-state index is 8.92. The van der Waals surface area contributed by atoms with Crippen molar-refractivity contribution in [2.24, 2.45) is 0 Å². The van der Waals surface area contributed by atoms with Crippen molar-refractivity contribution in [3.63, 3.8) is 0 Å². The largest absolute Gasteiger partial charge is 0.395 e. The van der Waals surface area contributed by atoms with Crippen molar-refractivity contribution in [1.29, 1.82) is 0 Å². The van der Waals surface area contributed by atoms with Crippen LogP contribution in [0.5, 0.6) is 0 Å². The molecule has 21 heavy (non-hydrogen) atoms. The van der Waals surface area contributed by atoms with Gasteiger partial charge in [0.25, 0.3) is 0 Å². The second-order valence-electron chi connectivity index (χ2n) is 4.11. The molecule has 9 heteroatoms. The Labute approximate surface area is 124 Å². The molecule has 3 aromatic rings. The average Bonchev–Trinajstić information content (AvgIpc) is 2.94. The zero-order valence-corrected chi connectivity index (χ0v) is 11.5. The molecule has 0 aliphatic carbocycles. The molecule has 0 spiro atoms. The van der Waals surface area contributed by atoms with Crippen LogP contribution in [0.25, 0.3) is 11.3 Å². The van der Waals surface area contributed by atoms with Crippen LogP contribution in [0.3, 0.4) is 0 Å². The molecule has 0 bridgehead atoms. The van der Waals surface area contributed by atoms with E-state index in [1.54, 1.807) is 12.1 Å². The van der Waals surface area contributed by atoms with Crippen LogP contribution in [-0.2, 0) is 0 Å². The van der Waals surface area contributed by atoms with E-state index in [1.807, 2.05) is 12.1 Å². The van der Waals surface area contributed by atoms with Crippen LogP contribution in [0.2, 0.25) is 5.02 Å². The lowest BCUT2D eigenvalue weighted by molar-refractivity contribution is 0.311. The van der Waals surface area contributed by atoms with Crippen molar-refractivity contribution in [1.82, 2.24) is 20.3 Å². The Morgan fingerprint density at radius 3 is 2.38 bits per heavy atom. The van der Waals surface area contributed by atoms with Gasteiger partial charge >= 0.3 is 0 Å². The van der Waals surface area contributed by atoms with E-state index in [-0.39, 0.29) is 12.3 Å². The van der Waals surface area contributed by atoms with Gasteiger partial charge in [0.1, 0.15) is 0 Å². The summed E-state index contributed by atoms with van der Waals surface area (Å²) in [6.45, 7) is 0.304. The summed E-state index contributed by atoms with van der Waals surface area (Å²) in [6.07, 6.45) is 0. The van der Waals surface area contributed by atoms with Gasteiger partial charge < -0.3 is 15.7 Å². The Balaban J connectivity index is 1.95. The summed E-state index contributed by atoms with van der Waals surface area (Å²) < 4.78 is 4.60. The van der Waals surface area contributed by atoms with Crippen molar-refractivity contribution in [3.05, 3.63) is 29.3 Å². The monoisotopic (exact) mass is 306 g/mol. The first kappa shape index (κ1) is 13.5. The standard InChI is InChI=1S/C12H11ClN6O2/c13-7-1-3-8(4-2-7)15-10-9(14-5-6-20)16-11-12(17-10)19-21-18-11/h1-4,20H,5-6H2,(H,14,16,18)(H,15,17,19). The Morgan fingerprint density at radius 1 is 1.05 bits per heavy atom. The molecule has 0 unspecified atom stereocenters. The minimum Gasteiger partial charge on any atom is -0.395 e. The molecule has 108 valence electrons. The molecule has 2 aromatic heterocycles. The third-order valence-corrected chi connectivity index (χ3v) is 2.88. The Morgan fingerprint density at radius 2 is 1.71 bits per heavy atom. The van der Waals surface area contributed by atoms with Crippen molar-refractivity contribution >= 4 is 40.2 Å². The predicted molar refractivity (Wildman–Crippen MR) is 77.7 cm³/mol. The fourth-order valence-electron chi connectivity index (χ4n) is 1.69. The lowest BCUT2D eigenvalue weighted by atomic mass is 10.3. The van der Waals surface area contributed by atoms with Gasteiger partial charge in [0.05, 0.1) is 6.61 Å². The van der Waals surface area contributed by atoms with Crippen LogP contribution < -0.4 is 10.6 Å². The summed E-state index contributed by atoms with van der Waals surface area (Å²) in [5.41, 5.74) is 1.37. The van der Waals surface area contributed by atoms with Crippen LogP contribution in [0.1, 0.15) is 0 Å². The first-order chi connectivity index (χ1) is 10.3. The second kappa shape index (κ2) is 5.90. The van der Waals surface area contributed by atoms with E-state index in [9.17, 15) is 0 Å². The van der Waals surface area contributed by atoms with E-state index in [4.69, 9.17) is 16.7 Å². The van der Waals surface area contributed by atoms with Gasteiger partial charge in [0.15, 0.2) is 11.6 Å². The quantitative estimate of drug-likeness (QED) is 0.655. The summed E-state index contributed by atoms with van der Waals surface area (Å²) in [5, 5.41) is 22.9. The number of rotatable bonds is 5. The van der Waals surface area contributed by atoms with E-state index in [0.717, 1.165) is 5.69 Å². The lowest BCUT2D eigenvalue weighted by Crippen LogP contribution is -2.10. The third kappa shape index (κ3) is 3.01. The zero-order chi connectivity index (χ0) is 14.7. The van der Waals surface area contributed by atoms with Gasteiger partial charge in [-0.2, -0.15) is 0 Å². The number of aliphatic hydroxyl groups is 1. The number of nitrogens with zero attached hydrogens (tertiary/aromatic N) is 4. The fourth-order valence-corrected chi connectivity index (χ4v) is 1.82. The molecule has 0 radical (unpaired) electrons. The number of benzene rings is 1. The molecular formula is C12H11ClN6O2. The number of hydrogen-bond acceptors (Lipinski definition) is 8. The molecule has 3 N–H and O–H groups in total. The molecule has 1 aromatic carbocycles. The van der Waals surface area contributed by atoms with Gasteiger partial charge in [-0.05, 0) is 34.6 Å². The zero-order valence-electron chi connectivity index (χ0n) is 10.7. The first-order valence-corrected chi connectivity index (χ1v) is 6.51. The van der Waals surface area contributed by atoms with Crippen LogP contribution in [-0.4, -0.2) is 38.5 Å².